The van der Waals surface area contributed by atoms with Gasteiger partial charge in [-0.15, -0.1) is 0 Å². The van der Waals surface area contributed by atoms with Crippen molar-refractivity contribution in [1.29, 1.82) is 0 Å². The predicted octanol–water partition coefficient (Wildman–Crippen LogP) is -0.692. The van der Waals surface area contributed by atoms with Crippen LogP contribution < -0.4 is 5.63 Å². The molecule has 3 rings (SSSR count). The first-order chi connectivity index (χ1) is 10.5. The van der Waals surface area contributed by atoms with Crippen molar-refractivity contribution in [2.24, 2.45) is 0 Å². The monoisotopic (exact) mass is 308 g/mol. The fourth-order valence-electron chi connectivity index (χ4n) is 2.63. The average Bonchev–Trinajstić information content (AvgIpc) is 2.53. The molecule has 7 nitrogen and oxygen atoms in total. The van der Waals surface area contributed by atoms with Gasteiger partial charge in [0.25, 0.3) is 0 Å². The molecule has 7 heteroatoms. The summed E-state index contributed by atoms with van der Waals surface area (Å²) < 4.78 is 10.5. The van der Waals surface area contributed by atoms with Crippen LogP contribution in [-0.4, -0.2) is 51.4 Å². The molecule has 118 valence electrons. The van der Waals surface area contributed by atoms with Crippen LogP contribution in [0, 0.1) is 0 Å². The van der Waals surface area contributed by atoms with Gasteiger partial charge in [-0.3, -0.25) is 0 Å². The Balaban J connectivity index is 2.05. The summed E-state index contributed by atoms with van der Waals surface area (Å²) in [6.07, 6.45) is -6.79. The van der Waals surface area contributed by atoms with Crippen molar-refractivity contribution in [2.75, 3.05) is 6.61 Å². The van der Waals surface area contributed by atoms with Crippen LogP contribution in [0.5, 0.6) is 0 Å². The van der Waals surface area contributed by atoms with E-state index in [-0.39, 0.29) is 5.56 Å². The Bertz CT molecular complexity index is 723. The highest BCUT2D eigenvalue weighted by Gasteiger charge is 2.45. The first-order valence-corrected chi connectivity index (χ1v) is 6.86. The standard InChI is InChI=1S/C15H16O7/c16-6-10-11(17)12(18)13(19)14(21-10)8-5-7-3-1-2-4-9(7)22-15(8)20/h1-5,10-14,16-19H,6H2/t10-,11-,12+,13-,14?/m1/s1. The first-order valence-electron chi connectivity index (χ1n) is 6.86. The molecular weight excluding hydrogens is 292 g/mol. The number of hydrogen-bond acceptors (Lipinski definition) is 7. The van der Waals surface area contributed by atoms with Crippen LogP contribution in [0.4, 0.5) is 0 Å². The average molecular weight is 308 g/mol. The van der Waals surface area contributed by atoms with E-state index in [1.165, 1.54) is 6.07 Å². The number of aliphatic hydroxyl groups is 4. The van der Waals surface area contributed by atoms with Gasteiger partial charge in [0.15, 0.2) is 0 Å². The molecule has 5 atom stereocenters. The lowest BCUT2D eigenvalue weighted by atomic mass is 9.91. The maximum atomic E-state index is 12.1. The zero-order chi connectivity index (χ0) is 15.9. The summed E-state index contributed by atoms with van der Waals surface area (Å²) in [5.74, 6) is 0. The second-order valence-electron chi connectivity index (χ2n) is 5.28. The zero-order valence-corrected chi connectivity index (χ0v) is 11.5. The Morgan fingerprint density at radius 3 is 2.50 bits per heavy atom. The summed E-state index contributed by atoms with van der Waals surface area (Å²) >= 11 is 0. The summed E-state index contributed by atoms with van der Waals surface area (Å²) in [5, 5.41) is 39.5. The van der Waals surface area contributed by atoms with Crippen LogP contribution in [0.1, 0.15) is 11.7 Å². The molecule has 1 aliphatic heterocycles. The molecule has 0 radical (unpaired) electrons. The molecule has 0 amide bonds. The molecule has 2 heterocycles. The number of benzene rings is 1. The SMILES string of the molecule is O=c1oc2ccccc2cc1C1O[C@H](CO)[C@@H](O)[C@H](O)[C@H]1O. The minimum atomic E-state index is -1.54. The van der Waals surface area contributed by atoms with E-state index in [1.807, 2.05) is 0 Å². The van der Waals surface area contributed by atoms with Crippen LogP contribution >= 0.6 is 0 Å². The van der Waals surface area contributed by atoms with Crippen LogP contribution in [0.15, 0.2) is 39.5 Å². The lowest BCUT2D eigenvalue weighted by Crippen LogP contribution is -2.55. The quantitative estimate of drug-likeness (QED) is 0.542. The van der Waals surface area contributed by atoms with E-state index in [2.05, 4.69) is 0 Å². The predicted molar refractivity (Wildman–Crippen MR) is 75.2 cm³/mol. The van der Waals surface area contributed by atoms with Crippen LogP contribution in [0.3, 0.4) is 0 Å². The van der Waals surface area contributed by atoms with Crippen molar-refractivity contribution in [3.05, 3.63) is 46.3 Å². The van der Waals surface area contributed by atoms with E-state index in [4.69, 9.17) is 9.15 Å². The molecular formula is C15H16O7. The highest BCUT2D eigenvalue weighted by atomic mass is 16.5. The van der Waals surface area contributed by atoms with Gasteiger partial charge in [-0.1, -0.05) is 18.2 Å². The molecule has 0 saturated carbocycles. The Labute approximate surface area is 125 Å². The van der Waals surface area contributed by atoms with Gasteiger partial charge in [-0.2, -0.15) is 0 Å². The van der Waals surface area contributed by atoms with Crippen LogP contribution in [0.2, 0.25) is 0 Å². The fourth-order valence-corrected chi connectivity index (χ4v) is 2.63. The van der Waals surface area contributed by atoms with E-state index in [0.717, 1.165) is 0 Å². The summed E-state index contributed by atoms with van der Waals surface area (Å²) in [6, 6.07) is 8.35. The summed E-state index contributed by atoms with van der Waals surface area (Å²) in [6.45, 7) is -0.555. The number of hydrogen-bond donors (Lipinski definition) is 4. The molecule has 1 aromatic carbocycles. The maximum absolute atomic E-state index is 12.1. The van der Waals surface area contributed by atoms with E-state index in [1.54, 1.807) is 24.3 Å². The van der Waals surface area contributed by atoms with Gasteiger partial charge in [-0.05, 0) is 12.1 Å². The molecule has 0 spiro atoms. The molecule has 1 unspecified atom stereocenters. The van der Waals surface area contributed by atoms with Gasteiger partial charge in [0.1, 0.15) is 36.1 Å². The molecule has 0 bridgehead atoms. The zero-order valence-electron chi connectivity index (χ0n) is 11.5. The third-order valence-electron chi connectivity index (χ3n) is 3.87. The van der Waals surface area contributed by atoms with Crippen molar-refractivity contribution < 1.29 is 29.6 Å². The number of ether oxygens (including phenoxy) is 1. The molecule has 4 N–H and O–H groups in total. The normalized spacial score (nSPS) is 32.3. The van der Waals surface area contributed by atoms with Crippen molar-refractivity contribution in [1.82, 2.24) is 0 Å². The third-order valence-corrected chi connectivity index (χ3v) is 3.87. The summed E-state index contributed by atoms with van der Waals surface area (Å²) in [4.78, 5) is 12.1. The lowest BCUT2D eigenvalue weighted by molar-refractivity contribution is -0.232. The highest BCUT2D eigenvalue weighted by molar-refractivity contribution is 5.76. The highest BCUT2D eigenvalue weighted by Crippen LogP contribution is 2.31. The van der Waals surface area contributed by atoms with Gasteiger partial charge in [0.05, 0.1) is 12.2 Å². The fraction of sp³-hybridized carbons (Fsp3) is 0.400. The van der Waals surface area contributed by atoms with Gasteiger partial charge in [0.2, 0.25) is 0 Å². The van der Waals surface area contributed by atoms with Gasteiger partial charge < -0.3 is 29.6 Å². The van der Waals surface area contributed by atoms with Crippen molar-refractivity contribution in [2.45, 2.75) is 30.5 Å². The second-order valence-corrected chi connectivity index (χ2v) is 5.28. The molecule has 2 aromatic rings. The van der Waals surface area contributed by atoms with Gasteiger partial charge in [0, 0.05) is 5.39 Å². The topological polar surface area (TPSA) is 120 Å². The maximum Gasteiger partial charge on any atom is 0.342 e. The largest absolute Gasteiger partial charge is 0.422 e. The van der Waals surface area contributed by atoms with Crippen molar-refractivity contribution >= 4 is 11.0 Å². The van der Waals surface area contributed by atoms with E-state index in [0.29, 0.717) is 11.0 Å². The molecule has 1 saturated heterocycles. The smallest absolute Gasteiger partial charge is 0.342 e. The lowest BCUT2D eigenvalue weighted by Gasteiger charge is -2.39. The molecule has 1 aliphatic rings. The Morgan fingerprint density at radius 2 is 1.77 bits per heavy atom. The molecule has 0 aliphatic carbocycles. The third kappa shape index (κ3) is 2.43. The summed E-state index contributed by atoms with van der Waals surface area (Å²) in [5.41, 5.74) is -0.292. The van der Waals surface area contributed by atoms with Crippen molar-refractivity contribution in [3.63, 3.8) is 0 Å². The minimum Gasteiger partial charge on any atom is -0.422 e. The van der Waals surface area contributed by atoms with E-state index >= 15 is 0 Å². The first kappa shape index (κ1) is 15.1. The van der Waals surface area contributed by atoms with E-state index in [9.17, 15) is 25.2 Å². The second kappa shape index (κ2) is 5.79. The van der Waals surface area contributed by atoms with Crippen LogP contribution in [-0.2, 0) is 4.74 Å². The Hall–Kier alpha value is -1.77. The number of fused-ring (bicyclic) bond motifs is 1. The number of rotatable bonds is 2. The minimum absolute atomic E-state index is 0.0237. The summed E-state index contributed by atoms with van der Waals surface area (Å²) in [7, 11) is 0. The van der Waals surface area contributed by atoms with Crippen molar-refractivity contribution in [3.8, 4) is 0 Å². The Kier molecular flexibility index (Phi) is 3.98. The Morgan fingerprint density at radius 1 is 1.05 bits per heavy atom. The molecule has 1 aromatic heterocycles. The van der Waals surface area contributed by atoms with E-state index < -0.39 is 42.8 Å². The number of aliphatic hydroxyl groups excluding tert-OH is 4. The molecule has 22 heavy (non-hydrogen) atoms. The number of para-hydroxylation sites is 1. The van der Waals surface area contributed by atoms with Crippen LogP contribution in [0.25, 0.3) is 11.0 Å². The van der Waals surface area contributed by atoms with Gasteiger partial charge in [-0.25, -0.2) is 4.79 Å². The molecule has 1 fully saturated rings. The van der Waals surface area contributed by atoms with Gasteiger partial charge >= 0.3 is 5.63 Å².